The third-order valence-electron chi connectivity index (χ3n) is 3.47. The van der Waals surface area contributed by atoms with Crippen molar-refractivity contribution in [3.8, 4) is 0 Å². The zero-order valence-corrected chi connectivity index (χ0v) is 10.2. The van der Waals surface area contributed by atoms with E-state index in [-0.39, 0.29) is 5.41 Å². The van der Waals surface area contributed by atoms with Crippen LogP contribution in [-0.4, -0.2) is 41.2 Å². The van der Waals surface area contributed by atoms with Crippen LogP contribution in [0.4, 0.5) is 0 Å². The number of hydrogen-bond acceptors (Lipinski definition) is 2. The highest BCUT2D eigenvalue weighted by Crippen LogP contribution is 2.30. The molecular formula is C11H23N3O. The van der Waals surface area contributed by atoms with Gasteiger partial charge in [-0.25, -0.2) is 0 Å². The Morgan fingerprint density at radius 3 is 2.20 bits per heavy atom. The smallest absolute Gasteiger partial charge is 0.191 e. The van der Waals surface area contributed by atoms with Crippen LogP contribution in [0.15, 0.2) is 4.99 Å². The molecule has 0 aromatic carbocycles. The fourth-order valence-corrected chi connectivity index (χ4v) is 1.12. The monoisotopic (exact) mass is 213 g/mol. The van der Waals surface area contributed by atoms with Gasteiger partial charge in [0.1, 0.15) is 0 Å². The number of aliphatic hydroxyl groups is 1. The first-order chi connectivity index (χ1) is 6.74. The van der Waals surface area contributed by atoms with E-state index >= 15 is 0 Å². The maximum absolute atomic E-state index is 9.94. The molecule has 1 heterocycles. The molecule has 4 heteroatoms. The van der Waals surface area contributed by atoms with Crippen LogP contribution >= 0.6 is 0 Å². The summed E-state index contributed by atoms with van der Waals surface area (Å²) in [6, 6.07) is 0. The van der Waals surface area contributed by atoms with Crippen molar-refractivity contribution in [2.75, 3.05) is 19.6 Å². The third-order valence-corrected chi connectivity index (χ3v) is 3.47. The Bertz CT molecular complexity index is 249. The predicted molar refractivity (Wildman–Crippen MR) is 62.8 cm³/mol. The zero-order valence-electron chi connectivity index (χ0n) is 10.2. The van der Waals surface area contributed by atoms with Gasteiger partial charge in [-0.05, 0) is 20.3 Å². The van der Waals surface area contributed by atoms with Crippen LogP contribution in [0.25, 0.3) is 0 Å². The molecule has 15 heavy (non-hydrogen) atoms. The summed E-state index contributed by atoms with van der Waals surface area (Å²) in [5, 5.41) is 9.94. The number of guanidine groups is 1. The first-order valence-electron chi connectivity index (χ1n) is 5.51. The number of nitrogens with two attached hydrogens (primary N) is 1. The summed E-state index contributed by atoms with van der Waals surface area (Å²) in [5.74, 6) is 0.610. The molecule has 0 aliphatic carbocycles. The van der Waals surface area contributed by atoms with Crippen LogP contribution in [0.2, 0.25) is 0 Å². The van der Waals surface area contributed by atoms with Gasteiger partial charge in [0.05, 0.1) is 12.1 Å². The minimum atomic E-state index is -0.744. The van der Waals surface area contributed by atoms with Crippen molar-refractivity contribution in [3.05, 3.63) is 0 Å². The van der Waals surface area contributed by atoms with Gasteiger partial charge in [-0.1, -0.05) is 13.8 Å². The molecule has 0 radical (unpaired) electrons. The quantitative estimate of drug-likeness (QED) is 0.538. The Labute approximate surface area is 92.2 Å². The lowest BCUT2D eigenvalue weighted by Crippen LogP contribution is -2.47. The normalized spacial score (nSPS) is 19.0. The highest BCUT2D eigenvalue weighted by Gasteiger charge is 2.35. The Morgan fingerprint density at radius 1 is 1.33 bits per heavy atom. The van der Waals surface area contributed by atoms with Gasteiger partial charge in [0.25, 0.3) is 0 Å². The maximum atomic E-state index is 9.94. The lowest BCUT2D eigenvalue weighted by Gasteiger charge is -2.37. The third kappa shape index (κ3) is 2.84. The van der Waals surface area contributed by atoms with Crippen LogP contribution in [0.3, 0.4) is 0 Å². The Kier molecular flexibility index (Phi) is 3.28. The van der Waals surface area contributed by atoms with Crippen LogP contribution < -0.4 is 5.73 Å². The van der Waals surface area contributed by atoms with Gasteiger partial charge in [-0.3, -0.25) is 4.99 Å². The van der Waals surface area contributed by atoms with Gasteiger partial charge in [0.2, 0.25) is 0 Å². The minimum absolute atomic E-state index is 0.261. The lowest BCUT2D eigenvalue weighted by molar-refractivity contribution is -0.0291. The number of rotatable bonds is 3. The summed E-state index contributed by atoms with van der Waals surface area (Å²) in [6.45, 7) is 10.2. The molecule has 1 rings (SSSR count). The van der Waals surface area contributed by atoms with Crippen LogP contribution in [0, 0.1) is 5.41 Å². The number of nitrogens with zero attached hydrogens (tertiary/aromatic N) is 2. The summed E-state index contributed by atoms with van der Waals surface area (Å²) in [7, 11) is 0. The van der Waals surface area contributed by atoms with Gasteiger partial charge in [0.15, 0.2) is 5.96 Å². The molecule has 0 saturated carbocycles. The number of aliphatic imine (C=N–C) groups is 1. The molecule has 1 fully saturated rings. The van der Waals surface area contributed by atoms with Gasteiger partial charge >= 0.3 is 0 Å². The van der Waals surface area contributed by atoms with Crippen molar-refractivity contribution < 1.29 is 5.11 Å². The van der Waals surface area contributed by atoms with Gasteiger partial charge < -0.3 is 15.7 Å². The molecule has 88 valence electrons. The molecule has 0 aromatic rings. The van der Waals surface area contributed by atoms with Crippen LogP contribution in [-0.2, 0) is 0 Å². The topological polar surface area (TPSA) is 61.9 Å². The summed E-state index contributed by atoms with van der Waals surface area (Å²) in [6.07, 6.45) is 1.20. The highest BCUT2D eigenvalue weighted by atomic mass is 16.3. The Balaban J connectivity index is 2.54. The van der Waals surface area contributed by atoms with E-state index < -0.39 is 5.60 Å². The van der Waals surface area contributed by atoms with Crippen LogP contribution in [0.5, 0.6) is 0 Å². The van der Waals surface area contributed by atoms with E-state index in [0.717, 1.165) is 13.1 Å². The highest BCUT2D eigenvalue weighted by molar-refractivity contribution is 5.78. The second-order valence-electron chi connectivity index (χ2n) is 5.46. The second kappa shape index (κ2) is 4.00. The van der Waals surface area contributed by atoms with E-state index in [1.165, 1.54) is 6.42 Å². The fraction of sp³-hybridized carbons (Fsp3) is 0.909. The summed E-state index contributed by atoms with van der Waals surface area (Å²) in [5.41, 5.74) is 4.82. The van der Waals surface area contributed by atoms with Gasteiger partial charge in [0, 0.05) is 18.5 Å². The van der Waals surface area contributed by atoms with Crippen molar-refractivity contribution in [2.45, 2.75) is 39.7 Å². The first kappa shape index (κ1) is 12.3. The second-order valence-corrected chi connectivity index (χ2v) is 5.46. The van der Waals surface area contributed by atoms with E-state index in [1.54, 1.807) is 0 Å². The van der Waals surface area contributed by atoms with E-state index in [0.29, 0.717) is 12.5 Å². The van der Waals surface area contributed by atoms with Crippen molar-refractivity contribution in [3.63, 3.8) is 0 Å². The van der Waals surface area contributed by atoms with Gasteiger partial charge in [-0.2, -0.15) is 0 Å². The molecule has 0 amide bonds. The zero-order chi connectivity index (χ0) is 11.7. The summed E-state index contributed by atoms with van der Waals surface area (Å²) in [4.78, 5) is 6.40. The van der Waals surface area contributed by atoms with E-state index in [2.05, 4.69) is 9.89 Å². The Hall–Kier alpha value is -0.770. The molecule has 0 bridgehead atoms. The van der Waals surface area contributed by atoms with E-state index in [9.17, 15) is 5.11 Å². The first-order valence-corrected chi connectivity index (χ1v) is 5.51. The number of likely N-dealkylation sites (tertiary alicyclic amines) is 1. The summed E-state index contributed by atoms with van der Waals surface area (Å²) >= 11 is 0. The molecule has 0 unspecified atom stereocenters. The molecule has 1 saturated heterocycles. The van der Waals surface area contributed by atoms with Crippen molar-refractivity contribution in [1.82, 2.24) is 4.90 Å². The van der Waals surface area contributed by atoms with Crippen molar-refractivity contribution in [1.29, 1.82) is 0 Å². The maximum Gasteiger partial charge on any atom is 0.191 e. The SMILES string of the molecule is CC(C)(O)C(C)(C)CN=C(N)N1CCC1. The molecule has 1 aliphatic rings. The van der Waals surface area contributed by atoms with E-state index in [4.69, 9.17) is 5.73 Å². The molecule has 0 spiro atoms. The average Bonchev–Trinajstić information content (AvgIpc) is 1.95. The lowest BCUT2D eigenvalue weighted by atomic mass is 9.77. The predicted octanol–water partition coefficient (Wildman–Crippen LogP) is 0.804. The minimum Gasteiger partial charge on any atom is -0.390 e. The largest absolute Gasteiger partial charge is 0.390 e. The van der Waals surface area contributed by atoms with Crippen molar-refractivity contribution in [2.24, 2.45) is 16.1 Å². The Morgan fingerprint density at radius 2 is 1.87 bits per heavy atom. The summed E-state index contributed by atoms with van der Waals surface area (Å²) < 4.78 is 0. The molecular weight excluding hydrogens is 190 g/mol. The standard InChI is InChI=1S/C11H23N3O/c1-10(2,11(3,4)15)8-13-9(12)14-6-5-7-14/h15H,5-8H2,1-4H3,(H2,12,13). The molecule has 3 N–H and O–H groups in total. The van der Waals surface area contributed by atoms with E-state index in [1.807, 2.05) is 27.7 Å². The van der Waals surface area contributed by atoms with Crippen molar-refractivity contribution >= 4 is 5.96 Å². The number of hydrogen-bond donors (Lipinski definition) is 2. The van der Waals surface area contributed by atoms with Gasteiger partial charge in [-0.15, -0.1) is 0 Å². The fourth-order valence-electron chi connectivity index (χ4n) is 1.12. The molecule has 4 nitrogen and oxygen atoms in total. The average molecular weight is 213 g/mol. The molecule has 0 aromatic heterocycles. The molecule has 1 aliphatic heterocycles. The van der Waals surface area contributed by atoms with Crippen LogP contribution in [0.1, 0.15) is 34.1 Å². The molecule has 0 atom stereocenters.